The van der Waals surface area contributed by atoms with Gasteiger partial charge in [-0.25, -0.2) is 4.79 Å². The van der Waals surface area contributed by atoms with Crippen molar-refractivity contribution in [2.75, 3.05) is 11.4 Å². The summed E-state index contributed by atoms with van der Waals surface area (Å²) in [6.45, 7) is 6.97. The molecule has 0 N–H and O–H groups in total. The molecule has 0 saturated heterocycles. The van der Waals surface area contributed by atoms with E-state index in [1.165, 1.54) is 0 Å². The molecule has 2 aromatic carbocycles. The topological polar surface area (TPSA) is 46.6 Å². The fourth-order valence-corrected chi connectivity index (χ4v) is 3.27. The van der Waals surface area contributed by atoms with Crippen LogP contribution in [0.5, 0.6) is 0 Å². The Hall–Kier alpha value is -2.62. The van der Waals surface area contributed by atoms with E-state index in [2.05, 4.69) is 13.8 Å². The monoisotopic (exact) mass is 351 g/mol. The number of aryl methyl sites for hydroxylation is 1. The molecule has 1 unspecified atom stereocenters. The number of amides is 1. The maximum absolute atomic E-state index is 13.0. The molecule has 4 nitrogen and oxygen atoms in total. The van der Waals surface area contributed by atoms with Crippen molar-refractivity contribution in [3.8, 4) is 0 Å². The van der Waals surface area contributed by atoms with Gasteiger partial charge in [0.1, 0.15) is 0 Å². The third-order valence-corrected chi connectivity index (χ3v) is 4.64. The molecule has 1 aliphatic heterocycles. The number of fused-ring (bicyclic) bond motifs is 1. The van der Waals surface area contributed by atoms with Crippen molar-refractivity contribution < 1.29 is 14.3 Å². The number of hydrogen-bond acceptors (Lipinski definition) is 3. The van der Waals surface area contributed by atoms with Crippen LogP contribution in [-0.2, 0) is 9.53 Å². The van der Waals surface area contributed by atoms with Gasteiger partial charge in [-0.2, -0.15) is 0 Å². The number of carbonyl (C=O) groups excluding carboxylic acids is 2. The second kappa shape index (κ2) is 7.73. The quantitative estimate of drug-likeness (QED) is 0.710. The number of nitrogens with zero attached hydrogens (tertiary/aromatic N) is 1. The van der Waals surface area contributed by atoms with Crippen molar-refractivity contribution in [2.45, 2.75) is 39.7 Å². The lowest BCUT2D eigenvalue weighted by molar-refractivity contribution is -0.126. The molecule has 1 aliphatic rings. The van der Waals surface area contributed by atoms with Gasteiger partial charge in [-0.3, -0.25) is 4.79 Å². The average Bonchev–Trinajstić information content (AvgIpc) is 2.87. The highest BCUT2D eigenvalue weighted by Crippen LogP contribution is 2.39. The summed E-state index contributed by atoms with van der Waals surface area (Å²) in [4.78, 5) is 27.2. The van der Waals surface area contributed by atoms with E-state index in [0.29, 0.717) is 18.0 Å². The van der Waals surface area contributed by atoms with Crippen LogP contribution < -0.4 is 4.90 Å². The van der Waals surface area contributed by atoms with Crippen LogP contribution in [0.15, 0.2) is 48.5 Å². The summed E-state index contributed by atoms with van der Waals surface area (Å²) in [6, 6.07) is 14.7. The molecule has 0 bridgehead atoms. The molecule has 2 aromatic rings. The smallest absolute Gasteiger partial charge is 0.339 e. The van der Waals surface area contributed by atoms with Crippen molar-refractivity contribution in [1.29, 1.82) is 0 Å². The number of carbonyl (C=O) groups is 2. The van der Waals surface area contributed by atoms with Gasteiger partial charge in [-0.05, 0) is 49.9 Å². The Labute approximate surface area is 154 Å². The number of anilines is 1. The van der Waals surface area contributed by atoms with Crippen LogP contribution in [0.1, 0.15) is 54.3 Å². The minimum atomic E-state index is -0.864. The Morgan fingerprint density at radius 1 is 1.15 bits per heavy atom. The molecule has 0 aromatic heterocycles. The van der Waals surface area contributed by atoms with Crippen molar-refractivity contribution >= 4 is 17.6 Å². The molecule has 26 heavy (non-hydrogen) atoms. The van der Waals surface area contributed by atoms with Crippen LogP contribution in [0, 0.1) is 12.8 Å². The highest BCUT2D eigenvalue weighted by Gasteiger charge is 2.39. The highest BCUT2D eigenvalue weighted by atomic mass is 16.5. The number of esters is 1. The van der Waals surface area contributed by atoms with Crippen LogP contribution in [0.2, 0.25) is 0 Å². The summed E-state index contributed by atoms with van der Waals surface area (Å²) in [5.74, 6) is -0.0315. The Morgan fingerprint density at radius 3 is 2.58 bits per heavy atom. The van der Waals surface area contributed by atoms with Crippen molar-refractivity contribution in [1.82, 2.24) is 0 Å². The van der Waals surface area contributed by atoms with Gasteiger partial charge in [0.25, 0.3) is 5.91 Å². The van der Waals surface area contributed by atoms with Gasteiger partial charge in [-0.1, -0.05) is 43.7 Å². The second-order valence-corrected chi connectivity index (χ2v) is 7.24. The molecule has 4 heteroatoms. The highest BCUT2D eigenvalue weighted by molar-refractivity contribution is 6.05. The molecule has 0 radical (unpaired) electrons. The molecule has 1 atom stereocenters. The van der Waals surface area contributed by atoms with Gasteiger partial charge < -0.3 is 9.64 Å². The van der Waals surface area contributed by atoms with Gasteiger partial charge in [-0.15, -0.1) is 0 Å². The second-order valence-electron chi connectivity index (χ2n) is 7.24. The minimum Gasteiger partial charge on any atom is -0.444 e. The lowest BCUT2D eigenvalue weighted by atomic mass is 10.1. The summed E-state index contributed by atoms with van der Waals surface area (Å²) in [6.07, 6.45) is 1.12. The van der Waals surface area contributed by atoms with Crippen LogP contribution in [-0.4, -0.2) is 18.4 Å². The number of hydrogen-bond donors (Lipinski definition) is 0. The van der Waals surface area contributed by atoms with E-state index in [0.717, 1.165) is 29.7 Å². The first-order chi connectivity index (χ1) is 12.5. The van der Waals surface area contributed by atoms with Crippen LogP contribution in [0.4, 0.5) is 5.69 Å². The fourth-order valence-electron chi connectivity index (χ4n) is 3.27. The van der Waals surface area contributed by atoms with E-state index in [1.54, 1.807) is 29.2 Å². The van der Waals surface area contributed by atoms with E-state index < -0.39 is 12.1 Å². The molecular weight excluding hydrogens is 326 g/mol. The van der Waals surface area contributed by atoms with Crippen LogP contribution in [0.25, 0.3) is 0 Å². The Kier molecular flexibility index (Phi) is 5.40. The Balaban J connectivity index is 1.83. The van der Waals surface area contributed by atoms with Gasteiger partial charge in [0.15, 0.2) is 0 Å². The summed E-state index contributed by atoms with van der Waals surface area (Å²) in [7, 11) is 0. The zero-order valence-electron chi connectivity index (χ0n) is 15.6. The first-order valence-electron chi connectivity index (χ1n) is 9.15. The standard InChI is InChI=1S/C22H25NO3/c1-15(2)8-7-13-23-19-12-11-16(3)14-18(19)20(21(23)24)26-22(25)17-9-5-4-6-10-17/h4-6,9-12,14-15,20H,7-8,13H2,1-3H3. The predicted octanol–water partition coefficient (Wildman–Crippen LogP) is 4.68. The largest absolute Gasteiger partial charge is 0.444 e. The minimum absolute atomic E-state index is 0.154. The van der Waals surface area contributed by atoms with Crippen LogP contribution >= 0.6 is 0 Å². The Bertz CT molecular complexity index is 798. The SMILES string of the molecule is Cc1ccc2c(c1)C(OC(=O)c1ccccc1)C(=O)N2CCCC(C)C. The van der Waals surface area contributed by atoms with Crippen molar-refractivity contribution in [2.24, 2.45) is 5.92 Å². The summed E-state index contributed by atoms with van der Waals surface area (Å²) >= 11 is 0. The summed E-state index contributed by atoms with van der Waals surface area (Å²) in [5.41, 5.74) is 3.13. The Morgan fingerprint density at radius 2 is 1.88 bits per heavy atom. The van der Waals surface area contributed by atoms with E-state index in [-0.39, 0.29) is 5.91 Å². The zero-order valence-corrected chi connectivity index (χ0v) is 15.6. The molecule has 0 spiro atoms. The van der Waals surface area contributed by atoms with E-state index in [4.69, 9.17) is 4.74 Å². The van der Waals surface area contributed by atoms with E-state index in [1.807, 2.05) is 31.2 Å². The summed E-state index contributed by atoms with van der Waals surface area (Å²) in [5, 5.41) is 0. The molecule has 1 heterocycles. The van der Waals surface area contributed by atoms with Gasteiger partial charge in [0, 0.05) is 12.1 Å². The number of ether oxygens (including phenoxy) is 1. The van der Waals surface area contributed by atoms with Crippen molar-refractivity contribution in [3.63, 3.8) is 0 Å². The van der Waals surface area contributed by atoms with Crippen molar-refractivity contribution in [3.05, 3.63) is 65.2 Å². The maximum atomic E-state index is 13.0. The fraction of sp³-hybridized carbons (Fsp3) is 0.364. The molecule has 3 rings (SSSR count). The van der Waals surface area contributed by atoms with Gasteiger partial charge in [0.05, 0.1) is 11.3 Å². The zero-order chi connectivity index (χ0) is 18.7. The van der Waals surface area contributed by atoms with Gasteiger partial charge >= 0.3 is 5.97 Å². The lowest BCUT2D eigenvalue weighted by Crippen LogP contribution is -2.31. The third kappa shape index (κ3) is 3.79. The normalized spacial score (nSPS) is 16.1. The molecule has 0 fully saturated rings. The van der Waals surface area contributed by atoms with Crippen LogP contribution in [0.3, 0.4) is 0 Å². The van der Waals surface area contributed by atoms with E-state index in [9.17, 15) is 9.59 Å². The number of rotatable bonds is 6. The third-order valence-electron chi connectivity index (χ3n) is 4.64. The number of benzene rings is 2. The molecule has 136 valence electrons. The first-order valence-corrected chi connectivity index (χ1v) is 9.15. The molecular formula is C22H25NO3. The predicted molar refractivity (Wildman–Crippen MR) is 102 cm³/mol. The van der Waals surface area contributed by atoms with E-state index >= 15 is 0 Å². The first kappa shape index (κ1) is 18.2. The molecule has 1 amide bonds. The molecule has 0 aliphatic carbocycles. The van der Waals surface area contributed by atoms with Gasteiger partial charge in [0.2, 0.25) is 6.10 Å². The maximum Gasteiger partial charge on any atom is 0.339 e. The molecule has 0 saturated carbocycles. The summed E-state index contributed by atoms with van der Waals surface area (Å²) < 4.78 is 5.62. The lowest BCUT2D eigenvalue weighted by Gasteiger charge is -2.18. The average molecular weight is 351 g/mol.